The summed E-state index contributed by atoms with van der Waals surface area (Å²) in [5.74, 6) is -0.847. The molecule has 0 aliphatic heterocycles. The monoisotopic (exact) mass is 932 g/mol. The Morgan fingerprint density at radius 3 is 1.32 bits per heavy atom. The number of carbonyl (C=O) groups excluding carboxylic acids is 2. The molecule has 0 bridgehead atoms. The predicted octanol–water partition coefficient (Wildman–Crippen LogP) is 15.1. The highest BCUT2D eigenvalue weighted by molar-refractivity contribution is 7.45. The number of ether oxygens (including phenoxy) is 2. The SMILES string of the molecule is CC/C=C\C/C=C\C/C=C\C/C=C\C/C=C\CCCCCCCCCCCCCCCCCC(=O)OC(COC(=O)CCCCCCC/C=C\CCC)COP(=O)([O-])OCC[N+](C)(C)C. The minimum Gasteiger partial charge on any atom is -0.756 e. The van der Waals surface area contributed by atoms with Gasteiger partial charge in [-0.25, -0.2) is 0 Å². The Morgan fingerprint density at radius 2 is 0.877 bits per heavy atom. The fourth-order valence-corrected chi connectivity index (χ4v) is 7.65. The van der Waals surface area contributed by atoms with Gasteiger partial charge in [-0.3, -0.25) is 14.2 Å². The van der Waals surface area contributed by atoms with Gasteiger partial charge in [-0.2, -0.15) is 0 Å². The molecule has 0 saturated carbocycles. The van der Waals surface area contributed by atoms with Crippen LogP contribution >= 0.6 is 7.82 Å². The van der Waals surface area contributed by atoms with Gasteiger partial charge < -0.3 is 27.9 Å². The third-order valence-electron chi connectivity index (χ3n) is 10.9. The van der Waals surface area contributed by atoms with Crippen molar-refractivity contribution in [1.29, 1.82) is 0 Å². The van der Waals surface area contributed by atoms with Crippen LogP contribution in [0.2, 0.25) is 0 Å². The second-order valence-electron chi connectivity index (χ2n) is 18.5. The van der Waals surface area contributed by atoms with E-state index in [9.17, 15) is 19.0 Å². The topological polar surface area (TPSA) is 111 Å². The zero-order chi connectivity index (χ0) is 47.8. The summed E-state index contributed by atoms with van der Waals surface area (Å²) in [6.45, 7) is 4.04. The van der Waals surface area contributed by atoms with Crippen molar-refractivity contribution in [3.05, 3.63) is 72.9 Å². The molecule has 0 aromatic carbocycles. The molecule has 0 aliphatic carbocycles. The van der Waals surface area contributed by atoms with Gasteiger partial charge in [-0.15, -0.1) is 0 Å². The van der Waals surface area contributed by atoms with Crippen LogP contribution < -0.4 is 4.89 Å². The number of allylic oxidation sites excluding steroid dienone is 12. The second-order valence-corrected chi connectivity index (χ2v) is 19.9. The van der Waals surface area contributed by atoms with E-state index < -0.39 is 32.5 Å². The maximum absolute atomic E-state index is 12.7. The lowest BCUT2D eigenvalue weighted by molar-refractivity contribution is -0.870. The molecule has 9 nitrogen and oxygen atoms in total. The molecule has 0 amide bonds. The van der Waals surface area contributed by atoms with Gasteiger partial charge in [0, 0.05) is 12.8 Å². The Labute approximate surface area is 399 Å². The average Bonchev–Trinajstić information content (AvgIpc) is 3.26. The van der Waals surface area contributed by atoms with Crippen molar-refractivity contribution in [3.63, 3.8) is 0 Å². The summed E-state index contributed by atoms with van der Waals surface area (Å²) in [6, 6.07) is 0. The van der Waals surface area contributed by atoms with Gasteiger partial charge in [0.1, 0.15) is 19.8 Å². The number of carbonyl (C=O) groups is 2. The first-order chi connectivity index (χ1) is 31.5. The summed E-state index contributed by atoms with van der Waals surface area (Å²) in [5.41, 5.74) is 0. The van der Waals surface area contributed by atoms with Crippen LogP contribution in [0.4, 0.5) is 0 Å². The number of rotatable bonds is 47. The van der Waals surface area contributed by atoms with E-state index in [2.05, 4.69) is 86.8 Å². The van der Waals surface area contributed by atoms with Gasteiger partial charge in [0.25, 0.3) is 7.82 Å². The Hall–Kier alpha value is -2.55. The third-order valence-corrected chi connectivity index (χ3v) is 11.9. The van der Waals surface area contributed by atoms with E-state index in [1.165, 1.54) is 83.5 Å². The molecule has 2 unspecified atom stereocenters. The summed E-state index contributed by atoms with van der Waals surface area (Å²) in [6.07, 6.45) is 59.6. The van der Waals surface area contributed by atoms with E-state index in [1.54, 1.807) is 0 Å². The first-order valence-corrected chi connectivity index (χ1v) is 27.6. The standard InChI is InChI=1S/C55H98NO8P/c1-6-8-10-12-14-16-18-19-20-21-22-23-24-25-26-27-28-29-30-31-32-33-34-35-36-37-38-40-42-44-46-48-55(58)64-53(52-63-65(59,60)62-50-49-56(3,4)5)51-61-54(57)47-45-43-41-39-17-15-13-11-9-7-2/h8,10-11,13-14,16,19-20,22-23,25-26,53H,6-7,9,12,15,17-18,21,24,27-52H2,1-5H3/b10-8-,13-11-,16-14-,20-19-,23-22-,26-25-. The number of phosphoric ester groups is 1. The van der Waals surface area contributed by atoms with Gasteiger partial charge in [-0.05, 0) is 77.0 Å². The zero-order valence-electron chi connectivity index (χ0n) is 42.4. The zero-order valence-corrected chi connectivity index (χ0v) is 43.3. The van der Waals surface area contributed by atoms with Crippen molar-refractivity contribution >= 4 is 19.8 Å². The lowest BCUT2D eigenvalue weighted by atomic mass is 10.0. The van der Waals surface area contributed by atoms with Crippen LogP contribution in [0.3, 0.4) is 0 Å². The molecule has 65 heavy (non-hydrogen) atoms. The lowest BCUT2D eigenvalue weighted by Gasteiger charge is -2.28. The minimum atomic E-state index is -4.63. The number of esters is 2. The second kappa shape index (κ2) is 46.6. The smallest absolute Gasteiger partial charge is 0.306 e. The summed E-state index contributed by atoms with van der Waals surface area (Å²) in [7, 11) is 1.16. The Balaban J connectivity index is 4.05. The Morgan fingerprint density at radius 1 is 0.492 bits per heavy atom. The van der Waals surface area contributed by atoms with Gasteiger partial charge in [0.2, 0.25) is 0 Å². The van der Waals surface area contributed by atoms with Crippen molar-refractivity contribution in [3.8, 4) is 0 Å². The normalized spacial score (nSPS) is 14.0. The number of phosphoric acid groups is 1. The lowest BCUT2D eigenvalue weighted by Crippen LogP contribution is -2.37. The highest BCUT2D eigenvalue weighted by atomic mass is 31.2. The van der Waals surface area contributed by atoms with Crippen molar-refractivity contribution in [2.75, 3.05) is 47.5 Å². The van der Waals surface area contributed by atoms with E-state index in [-0.39, 0.29) is 26.1 Å². The molecule has 376 valence electrons. The molecule has 0 N–H and O–H groups in total. The largest absolute Gasteiger partial charge is 0.756 e. The number of nitrogens with zero attached hydrogens (tertiary/aromatic N) is 1. The molecule has 0 saturated heterocycles. The van der Waals surface area contributed by atoms with Crippen molar-refractivity contribution in [1.82, 2.24) is 0 Å². The fraction of sp³-hybridized carbons (Fsp3) is 0.745. The van der Waals surface area contributed by atoms with Crippen molar-refractivity contribution in [2.24, 2.45) is 0 Å². The third kappa shape index (κ3) is 50.7. The molecule has 0 heterocycles. The molecule has 0 aromatic rings. The average molecular weight is 932 g/mol. The van der Waals surface area contributed by atoms with Crippen LogP contribution in [0.1, 0.15) is 213 Å². The number of unbranched alkanes of at least 4 members (excludes halogenated alkanes) is 21. The summed E-state index contributed by atoms with van der Waals surface area (Å²) < 4.78 is 33.9. The van der Waals surface area contributed by atoms with Gasteiger partial charge in [-0.1, -0.05) is 196 Å². The summed E-state index contributed by atoms with van der Waals surface area (Å²) >= 11 is 0. The van der Waals surface area contributed by atoms with Crippen LogP contribution in [0.25, 0.3) is 0 Å². The highest BCUT2D eigenvalue weighted by Gasteiger charge is 2.21. The number of hydrogen-bond acceptors (Lipinski definition) is 8. The van der Waals surface area contributed by atoms with Gasteiger partial charge in [0.05, 0.1) is 27.7 Å². The molecule has 0 aliphatic rings. The fourth-order valence-electron chi connectivity index (χ4n) is 6.92. The van der Waals surface area contributed by atoms with Crippen LogP contribution in [0.5, 0.6) is 0 Å². The van der Waals surface area contributed by atoms with Crippen LogP contribution in [0, 0.1) is 0 Å². The van der Waals surface area contributed by atoms with E-state index in [0.717, 1.165) is 96.3 Å². The van der Waals surface area contributed by atoms with Crippen LogP contribution in [-0.2, 0) is 32.7 Å². The van der Waals surface area contributed by atoms with E-state index in [1.807, 2.05) is 21.1 Å². The number of hydrogen-bond donors (Lipinski definition) is 0. The van der Waals surface area contributed by atoms with Gasteiger partial charge >= 0.3 is 11.9 Å². The Bertz CT molecular complexity index is 1330. The summed E-state index contributed by atoms with van der Waals surface area (Å²) in [5, 5.41) is 0. The molecule has 0 rings (SSSR count). The molecule has 2 atom stereocenters. The molecular weight excluding hydrogens is 834 g/mol. The van der Waals surface area contributed by atoms with Crippen molar-refractivity contribution < 1.29 is 42.1 Å². The van der Waals surface area contributed by atoms with Crippen molar-refractivity contribution in [2.45, 2.75) is 219 Å². The molecule has 0 fully saturated rings. The minimum absolute atomic E-state index is 0.0338. The van der Waals surface area contributed by atoms with Crippen LogP contribution in [-0.4, -0.2) is 70.0 Å². The molecular formula is C55H98NO8P. The maximum atomic E-state index is 12.7. The van der Waals surface area contributed by atoms with E-state index in [0.29, 0.717) is 17.4 Å². The highest BCUT2D eigenvalue weighted by Crippen LogP contribution is 2.38. The molecule has 0 aromatic heterocycles. The first kappa shape index (κ1) is 62.4. The predicted molar refractivity (Wildman–Crippen MR) is 273 cm³/mol. The quantitative estimate of drug-likeness (QED) is 0.0195. The molecule has 0 radical (unpaired) electrons. The van der Waals surface area contributed by atoms with Gasteiger partial charge in [0.15, 0.2) is 6.10 Å². The number of quaternary nitrogens is 1. The molecule has 10 heteroatoms. The number of likely N-dealkylation sites (N-methyl/N-ethyl adjacent to an activating group) is 1. The van der Waals surface area contributed by atoms with E-state index >= 15 is 0 Å². The maximum Gasteiger partial charge on any atom is 0.306 e. The molecule has 0 spiro atoms. The van der Waals surface area contributed by atoms with E-state index in [4.69, 9.17) is 18.5 Å². The Kier molecular flexibility index (Phi) is 44.7. The van der Waals surface area contributed by atoms with Crippen LogP contribution in [0.15, 0.2) is 72.9 Å². The summed E-state index contributed by atoms with van der Waals surface area (Å²) in [4.78, 5) is 37.6. The first-order valence-electron chi connectivity index (χ1n) is 26.1.